The molecule has 1 nitrogen and oxygen atoms in total. The predicted molar refractivity (Wildman–Crippen MR) is 59.4 cm³/mol. The van der Waals surface area contributed by atoms with Crippen molar-refractivity contribution in [1.29, 1.82) is 0 Å². The molecule has 2 bridgehead atoms. The molecule has 1 aromatic rings. The summed E-state index contributed by atoms with van der Waals surface area (Å²) >= 11 is 0. The molecule has 1 heteroatoms. The molecule has 0 amide bonds. The Balaban J connectivity index is 1.63. The minimum Gasteiger partial charge on any atom is -0.497 e. The maximum Gasteiger partial charge on any atom is 0.119 e. The zero-order chi connectivity index (χ0) is 10.2. The molecule has 0 radical (unpaired) electrons. The normalized spacial score (nSPS) is 59.6. The molecule has 0 saturated heterocycles. The van der Waals surface area contributed by atoms with Crippen molar-refractivity contribution in [2.24, 2.45) is 35.5 Å². The van der Waals surface area contributed by atoms with E-state index in [4.69, 9.17) is 4.74 Å². The van der Waals surface area contributed by atoms with Crippen LogP contribution in [0.25, 0.3) is 0 Å². The first kappa shape index (κ1) is 7.37. The minimum absolute atomic E-state index is 0.945. The number of hydrogen-bond acceptors (Lipinski definition) is 1. The van der Waals surface area contributed by atoms with E-state index in [2.05, 4.69) is 18.2 Å². The van der Waals surface area contributed by atoms with Gasteiger partial charge in [0.05, 0.1) is 7.11 Å². The second kappa shape index (κ2) is 1.83. The van der Waals surface area contributed by atoms with Crippen LogP contribution >= 0.6 is 0 Å². The van der Waals surface area contributed by atoms with Gasteiger partial charge in [0.1, 0.15) is 5.75 Å². The summed E-state index contributed by atoms with van der Waals surface area (Å²) < 4.78 is 5.38. The average molecular weight is 210 g/mol. The summed E-state index contributed by atoms with van der Waals surface area (Å²) in [6, 6.07) is 6.86. The Bertz CT molecular complexity index is 528. The van der Waals surface area contributed by atoms with Crippen LogP contribution < -0.4 is 4.74 Å². The van der Waals surface area contributed by atoms with Crippen LogP contribution in [0.3, 0.4) is 0 Å². The summed E-state index contributed by atoms with van der Waals surface area (Å²) in [6.45, 7) is 0. The number of methoxy groups -OCH3 is 1. The van der Waals surface area contributed by atoms with E-state index in [-0.39, 0.29) is 0 Å². The summed E-state index contributed by atoms with van der Waals surface area (Å²) in [6.07, 6.45) is 0. The lowest BCUT2D eigenvalue weighted by Gasteiger charge is -2.93. The SMILES string of the molecule is COc1ccc2c(c1)C1[C@H]3C4C5[C@H]3C2[C@H]5[C@@H]14. The van der Waals surface area contributed by atoms with Crippen LogP contribution in [0.1, 0.15) is 23.0 Å². The minimum atomic E-state index is 0.945. The molecule has 0 aromatic heterocycles. The molecule has 0 spiro atoms. The Morgan fingerprint density at radius 2 is 1.44 bits per heavy atom. The smallest absolute Gasteiger partial charge is 0.119 e. The van der Waals surface area contributed by atoms with Crippen LogP contribution in [0.5, 0.6) is 5.75 Å². The van der Waals surface area contributed by atoms with Gasteiger partial charge in [-0.2, -0.15) is 0 Å². The van der Waals surface area contributed by atoms with Gasteiger partial charge >= 0.3 is 0 Å². The van der Waals surface area contributed by atoms with E-state index in [1.165, 1.54) is 11.8 Å². The van der Waals surface area contributed by atoms with Gasteiger partial charge in [-0.3, -0.25) is 0 Å². The molecule has 4 saturated carbocycles. The van der Waals surface area contributed by atoms with Crippen molar-refractivity contribution in [3.05, 3.63) is 29.3 Å². The first-order valence-electron chi connectivity index (χ1n) is 6.59. The first-order valence-corrected chi connectivity index (χ1v) is 6.59. The van der Waals surface area contributed by atoms with Crippen LogP contribution in [-0.2, 0) is 0 Å². The van der Waals surface area contributed by atoms with Gasteiger partial charge in [-0.1, -0.05) is 6.07 Å². The third-order valence-corrected chi connectivity index (χ3v) is 6.78. The maximum atomic E-state index is 5.38. The van der Waals surface area contributed by atoms with Crippen LogP contribution in [0.2, 0.25) is 0 Å². The second-order valence-electron chi connectivity index (χ2n) is 6.51. The molecule has 7 rings (SSSR count). The van der Waals surface area contributed by atoms with Gasteiger partial charge in [-0.25, -0.2) is 0 Å². The maximum absolute atomic E-state index is 5.38. The van der Waals surface area contributed by atoms with Crippen molar-refractivity contribution in [2.45, 2.75) is 11.8 Å². The summed E-state index contributed by atoms with van der Waals surface area (Å²) in [7, 11) is 1.78. The Hall–Kier alpha value is -0.980. The molecule has 4 fully saturated rings. The molecular formula is C15H14O. The molecule has 6 aliphatic rings. The quantitative estimate of drug-likeness (QED) is 0.692. The third-order valence-electron chi connectivity index (χ3n) is 6.78. The fourth-order valence-electron chi connectivity index (χ4n) is 6.51. The largest absolute Gasteiger partial charge is 0.497 e. The van der Waals surface area contributed by atoms with Crippen molar-refractivity contribution < 1.29 is 4.74 Å². The summed E-state index contributed by atoms with van der Waals surface area (Å²) in [4.78, 5) is 0. The fraction of sp³-hybridized carbons (Fsp3) is 0.600. The van der Waals surface area contributed by atoms with Gasteiger partial charge in [0.15, 0.2) is 0 Å². The van der Waals surface area contributed by atoms with E-state index < -0.39 is 0 Å². The Labute approximate surface area is 94.8 Å². The molecule has 16 heavy (non-hydrogen) atoms. The molecule has 0 heterocycles. The van der Waals surface area contributed by atoms with Crippen molar-refractivity contribution in [1.82, 2.24) is 0 Å². The highest BCUT2D eigenvalue weighted by Crippen LogP contribution is 2.94. The van der Waals surface area contributed by atoms with Crippen LogP contribution in [-0.4, -0.2) is 7.11 Å². The lowest BCUT2D eigenvalue weighted by molar-refractivity contribution is -0.407. The Morgan fingerprint density at radius 3 is 2.06 bits per heavy atom. The predicted octanol–water partition coefficient (Wildman–Crippen LogP) is 2.63. The van der Waals surface area contributed by atoms with Gasteiger partial charge in [0.25, 0.3) is 0 Å². The van der Waals surface area contributed by atoms with E-state index in [0.717, 1.165) is 41.3 Å². The van der Waals surface area contributed by atoms with Crippen molar-refractivity contribution in [3.8, 4) is 5.75 Å². The standard InChI is InChI=1S/C15H14O/c1-16-5-2-3-6-7(4-5)9-12-10-8(6)11-13(9)15(12)14(10)11/h2-4,8-15H,1H3/t8?,9?,10-,11-,12+,13+,14?,15?/m0/s1. The lowest BCUT2D eigenvalue weighted by atomic mass is 9.11. The Kier molecular flexibility index (Phi) is 0.843. The third kappa shape index (κ3) is 0.432. The number of benzene rings is 1. The molecular weight excluding hydrogens is 196 g/mol. The van der Waals surface area contributed by atoms with Crippen LogP contribution in [0, 0.1) is 35.5 Å². The number of ether oxygens (including phenoxy) is 1. The molecule has 1 aromatic carbocycles. The van der Waals surface area contributed by atoms with Gasteiger partial charge in [0.2, 0.25) is 0 Å². The topological polar surface area (TPSA) is 9.23 Å². The monoisotopic (exact) mass is 210 g/mol. The van der Waals surface area contributed by atoms with Crippen molar-refractivity contribution in [2.75, 3.05) is 7.11 Å². The van der Waals surface area contributed by atoms with E-state index in [0.29, 0.717) is 0 Å². The van der Waals surface area contributed by atoms with Gasteiger partial charge in [-0.05, 0) is 70.6 Å². The van der Waals surface area contributed by atoms with Crippen molar-refractivity contribution >= 4 is 0 Å². The van der Waals surface area contributed by atoms with Gasteiger partial charge in [-0.15, -0.1) is 0 Å². The average Bonchev–Trinajstić information content (AvgIpc) is 2.30. The van der Waals surface area contributed by atoms with Crippen LogP contribution in [0.15, 0.2) is 18.2 Å². The summed E-state index contributed by atoms with van der Waals surface area (Å²) in [5.41, 5.74) is 3.36. The molecule has 0 aliphatic heterocycles. The van der Waals surface area contributed by atoms with E-state index in [9.17, 15) is 0 Å². The van der Waals surface area contributed by atoms with E-state index >= 15 is 0 Å². The lowest BCUT2D eigenvalue weighted by Crippen LogP contribution is -2.87. The number of rotatable bonds is 1. The zero-order valence-corrected chi connectivity index (χ0v) is 9.26. The first-order chi connectivity index (χ1) is 7.92. The van der Waals surface area contributed by atoms with Gasteiger partial charge in [0, 0.05) is 0 Å². The molecule has 80 valence electrons. The summed E-state index contributed by atoms with van der Waals surface area (Å²) in [5, 5.41) is 0. The van der Waals surface area contributed by atoms with E-state index in [1.807, 2.05) is 0 Å². The van der Waals surface area contributed by atoms with Gasteiger partial charge < -0.3 is 4.74 Å². The zero-order valence-electron chi connectivity index (χ0n) is 9.26. The highest BCUT2D eigenvalue weighted by atomic mass is 16.5. The second-order valence-corrected chi connectivity index (χ2v) is 6.51. The summed E-state index contributed by atoms with van der Waals surface area (Å²) in [5.74, 6) is 9.78. The fourth-order valence-corrected chi connectivity index (χ4v) is 6.51. The molecule has 0 unspecified atom stereocenters. The van der Waals surface area contributed by atoms with E-state index in [1.54, 1.807) is 18.2 Å². The molecule has 0 N–H and O–H groups in total. The number of hydrogen-bond donors (Lipinski definition) is 0. The van der Waals surface area contributed by atoms with Crippen LogP contribution in [0.4, 0.5) is 0 Å². The highest BCUT2D eigenvalue weighted by molar-refractivity contribution is 5.56. The highest BCUT2D eigenvalue weighted by Gasteiger charge is 2.88. The van der Waals surface area contributed by atoms with Crippen molar-refractivity contribution in [3.63, 3.8) is 0 Å². The molecule has 4 atom stereocenters. The Morgan fingerprint density at radius 1 is 0.812 bits per heavy atom. The molecule has 6 aliphatic carbocycles.